The molecule has 0 saturated carbocycles. The van der Waals surface area contributed by atoms with Gasteiger partial charge >= 0.3 is 55.2 Å². The normalized spacial score (nSPS) is 14.2. The molecule has 6 nitrogen and oxygen atoms in total. The van der Waals surface area contributed by atoms with Crippen molar-refractivity contribution < 1.29 is 42.5 Å². The van der Waals surface area contributed by atoms with Gasteiger partial charge in [-0.05, 0) is 0 Å². The average molecular weight is 221 g/mol. The Morgan fingerprint density at radius 3 is 1.11 bits per heavy atom. The van der Waals surface area contributed by atoms with Crippen LogP contribution in [0.25, 0.3) is 0 Å². The van der Waals surface area contributed by atoms with Crippen molar-refractivity contribution in [2.75, 3.05) is 0 Å². The van der Waals surface area contributed by atoms with Gasteiger partial charge in [0.1, 0.15) is 0 Å². The zero-order valence-electron chi connectivity index (χ0n) is 3.83. The van der Waals surface area contributed by atoms with Crippen molar-refractivity contribution in [3.05, 3.63) is 0 Å². The molecular formula is H4CoO6P2. The van der Waals surface area contributed by atoms with Crippen molar-refractivity contribution in [3.8, 4) is 0 Å². The third-order valence-electron chi connectivity index (χ3n) is 0.174. The van der Waals surface area contributed by atoms with Gasteiger partial charge in [0.2, 0.25) is 0 Å². The second-order valence-electron chi connectivity index (χ2n) is 0.961. The van der Waals surface area contributed by atoms with E-state index in [1.807, 2.05) is 0 Å². The van der Waals surface area contributed by atoms with Gasteiger partial charge in [-0.15, -0.1) is 0 Å². The van der Waals surface area contributed by atoms with Gasteiger partial charge in [0.25, 0.3) is 0 Å². The predicted octanol–water partition coefficient (Wildman–Crippen LogP) is -0.746. The Hall–Kier alpha value is 0.806. The molecule has 0 spiro atoms. The Balaban J connectivity index is 4.07. The molecule has 0 aliphatic heterocycles. The molecule has 0 atom stereocenters. The summed E-state index contributed by atoms with van der Waals surface area (Å²) in [6, 6.07) is 0. The van der Waals surface area contributed by atoms with Gasteiger partial charge in [-0.2, -0.15) is 0 Å². The molecule has 0 rings (SSSR count). The van der Waals surface area contributed by atoms with E-state index in [0.29, 0.717) is 0 Å². The predicted molar refractivity (Wildman–Crippen MR) is 24.1 cm³/mol. The van der Waals surface area contributed by atoms with Crippen molar-refractivity contribution in [2.45, 2.75) is 0 Å². The number of hydrogen-bond acceptors (Lipinski definition) is 2. The summed E-state index contributed by atoms with van der Waals surface area (Å²) >= 11 is -1.10. The molecule has 0 saturated heterocycles. The fourth-order valence-corrected chi connectivity index (χ4v) is 4.20. The Morgan fingerprint density at radius 2 is 1.11 bits per heavy atom. The first-order valence-electron chi connectivity index (χ1n) is 1.46. The minimum absolute atomic E-state index is 1.10. The molecular weight excluding hydrogens is 217 g/mol. The van der Waals surface area contributed by atoms with Crippen LogP contribution in [0.5, 0.6) is 0 Å². The van der Waals surface area contributed by atoms with Gasteiger partial charge in [-0.25, -0.2) is 0 Å². The van der Waals surface area contributed by atoms with Gasteiger partial charge in [0.05, 0.1) is 0 Å². The molecule has 0 radical (unpaired) electrons. The first kappa shape index (κ1) is 9.81. The number of hydrogen-bond donors (Lipinski definition) is 4. The van der Waals surface area contributed by atoms with Gasteiger partial charge in [0, 0.05) is 0 Å². The van der Waals surface area contributed by atoms with Crippen LogP contribution in [0.1, 0.15) is 0 Å². The van der Waals surface area contributed by atoms with Crippen LogP contribution in [-0.2, 0) is 23.0 Å². The third-order valence-corrected chi connectivity index (χ3v) is 6.45. The van der Waals surface area contributed by atoms with E-state index in [2.05, 4.69) is 0 Å². The molecule has 0 heterocycles. The van der Waals surface area contributed by atoms with E-state index >= 15 is 0 Å². The third kappa shape index (κ3) is 8.81. The van der Waals surface area contributed by atoms with E-state index in [1.54, 1.807) is 0 Å². The summed E-state index contributed by atoms with van der Waals surface area (Å²) in [7, 11) is 0. The molecule has 9 heteroatoms. The van der Waals surface area contributed by atoms with Gasteiger partial charge in [-0.1, -0.05) is 0 Å². The first-order chi connectivity index (χ1) is 3.71. The first-order valence-corrected chi connectivity index (χ1v) is 7.18. The van der Waals surface area contributed by atoms with Crippen LogP contribution in [0, 0.1) is 0 Å². The van der Waals surface area contributed by atoms with Crippen LogP contribution in [0.3, 0.4) is 0 Å². The van der Waals surface area contributed by atoms with E-state index in [9.17, 15) is 9.13 Å². The maximum atomic E-state index is 9.84. The molecule has 0 aromatic carbocycles. The summed E-state index contributed by atoms with van der Waals surface area (Å²) in [5.74, 6) is 0. The second-order valence-corrected chi connectivity index (χ2v) is 8.79. The van der Waals surface area contributed by atoms with Crippen LogP contribution in [0.4, 0.5) is 0 Å². The van der Waals surface area contributed by atoms with Gasteiger partial charge in [-0.3, -0.25) is 0 Å². The fourth-order valence-electron chi connectivity index (χ4n) is 0.113. The molecule has 0 unspecified atom stereocenters. The Kier molecular flexibility index (Phi) is 3.07. The summed E-state index contributed by atoms with van der Waals surface area (Å²) in [4.78, 5) is 31.8. The van der Waals surface area contributed by atoms with Crippen LogP contribution in [0.15, 0.2) is 0 Å². The van der Waals surface area contributed by atoms with Gasteiger partial charge < -0.3 is 0 Å². The van der Waals surface area contributed by atoms with E-state index in [1.165, 1.54) is 0 Å². The molecule has 59 valence electrons. The summed E-state index contributed by atoms with van der Waals surface area (Å²) in [5.41, 5.74) is 0. The van der Waals surface area contributed by atoms with Crippen molar-refractivity contribution in [1.82, 2.24) is 0 Å². The second kappa shape index (κ2) is 2.82. The molecule has 0 aliphatic rings. The van der Waals surface area contributed by atoms with E-state index in [0.717, 1.165) is 0 Å². The van der Waals surface area contributed by atoms with Crippen molar-refractivity contribution in [2.24, 2.45) is 0 Å². The average Bonchev–Trinajstić information content (AvgIpc) is 1.14. The molecule has 0 bridgehead atoms. The molecule has 0 aromatic rings. The monoisotopic (exact) mass is 221 g/mol. The van der Waals surface area contributed by atoms with Crippen LogP contribution >= 0.6 is 12.7 Å². The summed E-state index contributed by atoms with van der Waals surface area (Å²) in [5, 5.41) is 0. The van der Waals surface area contributed by atoms with Crippen molar-refractivity contribution in [1.29, 1.82) is 0 Å². The van der Waals surface area contributed by atoms with E-state index < -0.39 is 26.5 Å². The zero-order chi connectivity index (χ0) is 7.71. The van der Waals surface area contributed by atoms with E-state index in [4.69, 9.17) is 19.6 Å². The standard InChI is InChI=1S/Co.2HO3P/c;2*1-4(2)3/h;2*(H-,1,2,3)/q-2;;/p+2. The van der Waals surface area contributed by atoms with Gasteiger partial charge in [0.15, 0.2) is 0 Å². The Bertz CT molecular complexity index is 151. The quantitative estimate of drug-likeness (QED) is 0.456. The molecule has 0 fully saturated rings. The molecule has 0 amide bonds. The van der Waals surface area contributed by atoms with Crippen molar-refractivity contribution in [3.63, 3.8) is 0 Å². The maximum absolute atomic E-state index is 9.84. The molecule has 9 heavy (non-hydrogen) atoms. The minimum atomic E-state index is -4.58. The van der Waals surface area contributed by atoms with Crippen LogP contribution in [0.2, 0.25) is 0 Å². The topological polar surface area (TPSA) is 115 Å². The van der Waals surface area contributed by atoms with Crippen LogP contribution < -0.4 is 0 Å². The van der Waals surface area contributed by atoms with Crippen LogP contribution in [-0.4, -0.2) is 19.6 Å². The van der Waals surface area contributed by atoms with Crippen molar-refractivity contribution >= 4 is 12.7 Å². The summed E-state index contributed by atoms with van der Waals surface area (Å²) in [6.45, 7) is 0. The molecule has 0 aromatic heterocycles. The summed E-state index contributed by atoms with van der Waals surface area (Å²) in [6.07, 6.45) is -9.16. The Morgan fingerprint density at radius 1 is 0.889 bits per heavy atom. The molecule has 4 N–H and O–H groups in total. The number of rotatable bonds is 2. The SMILES string of the molecule is O=[P](O)(O)[Co][P](=O)(O)O. The molecule has 0 aliphatic carbocycles. The Labute approximate surface area is 55.8 Å². The zero-order valence-corrected chi connectivity index (χ0v) is 6.66. The summed E-state index contributed by atoms with van der Waals surface area (Å²) < 4.78 is 19.7. The van der Waals surface area contributed by atoms with E-state index in [-0.39, 0.29) is 0 Å². The fraction of sp³-hybridized carbons (Fsp3) is 0.